The van der Waals surface area contributed by atoms with E-state index in [0.717, 1.165) is 18.3 Å². The van der Waals surface area contributed by atoms with Gasteiger partial charge >= 0.3 is 0 Å². The number of nitrogens with zero attached hydrogens (tertiary/aromatic N) is 3. The quantitative estimate of drug-likeness (QED) is 0.603. The van der Waals surface area contributed by atoms with Crippen molar-refractivity contribution < 1.29 is 23.0 Å². The zero-order chi connectivity index (χ0) is 17.1. The first-order valence-corrected chi connectivity index (χ1v) is 7.72. The molecule has 0 spiro atoms. The fourth-order valence-electron chi connectivity index (χ4n) is 2.34. The highest BCUT2D eigenvalue weighted by Gasteiger charge is 2.30. The summed E-state index contributed by atoms with van der Waals surface area (Å²) in [4.78, 5) is 4.60. The number of rotatable bonds is 3. The molecule has 0 saturated heterocycles. The van der Waals surface area contributed by atoms with Crippen LogP contribution < -0.4 is 4.74 Å². The maximum Gasteiger partial charge on any atom is 0.298 e. The lowest BCUT2D eigenvalue weighted by atomic mass is 10.2. The van der Waals surface area contributed by atoms with Crippen molar-refractivity contribution in [1.29, 1.82) is 0 Å². The molecule has 9 heteroatoms. The number of ether oxygens (including phenoxy) is 1. The molecule has 24 heavy (non-hydrogen) atoms. The lowest BCUT2D eigenvalue weighted by Crippen LogP contribution is -2.06. The normalized spacial score (nSPS) is 12.3. The van der Waals surface area contributed by atoms with Gasteiger partial charge in [0.2, 0.25) is 4.96 Å². The largest absolute Gasteiger partial charge is 0.507 e. The SMILES string of the molecule is COc1cc(O)c2cc(-c3cn4nc(C(C)(F)F)sc4n3)oc2c1. The minimum absolute atomic E-state index is 0.0198. The molecule has 0 unspecified atom stereocenters. The number of benzene rings is 1. The number of halogens is 2. The molecule has 3 heterocycles. The third kappa shape index (κ3) is 2.28. The van der Waals surface area contributed by atoms with Crippen molar-refractivity contribution in [2.75, 3.05) is 7.11 Å². The smallest absolute Gasteiger partial charge is 0.298 e. The van der Waals surface area contributed by atoms with E-state index >= 15 is 0 Å². The summed E-state index contributed by atoms with van der Waals surface area (Å²) in [5, 5.41) is 14.1. The Morgan fingerprint density at radius 1 is 1.33 bits per heavy atom. The second-order valence-electron chi connectivity index (χ2n) is 5.32. The minimum Gasteiger partial charge on any atom is -0.507 e. The Morgan fingerprint density at radius 2 is 2.12 bits per heavy atom. The van der Waals surface area contributed by atoms with Crippen LogP contribution >= 0.6 is 11.3 Å². The molecule has 4 rings (SSSR count). The maximum absolute atomic E-state index is 13.3. The summed E-state index contributed by atoms with van der Waals surface area (Å²) in [7, 11) is 1.49. The van der Waals surface area contributed by atoms with E-state index in [1.165, 1.54) is 23.9 Å². The number of phenolic OH excluding ortho intramolecular Hbond substituents is 1. The lowest BCUT2D eigenvalue weighted by molar-refractivity contribution is 0.0163. The van der Waals surface area contributed by atoms with Gasteiger partial charge in [-0.2, -0.15) is 13.9 Å². The molecule has 3 aromatic heterocycles. The van der Waals surface area contributed by atoms with E-state index in [4.69, 9.17) is 9.15 Å². The van der Waals surface area contributed by atoms with Gasteiger partial charge in [0, 0.05) is 19.1 Å². The van der Waals surface area contributed by atoms with Gasteiger partial charge in [0.25, 0.3) is 5.92 Å². The number of hydrogen-bond acceptors (Lipinski definition) is 6. The van der Waals surface area contributed by atoms with Crippen molar-refractivity contribution in [3.05, 3.63) is 29.4 Å². The third-order valence-electron chi connectivity index (χ3n) is 3.50. The first-order chi connectivity index (χ1) is 11.3. The van der Waals surface area contributed by atoms with Crippen molar-refractivity contribution in [3.63, 3.8) is 0 Å². The van der Waals surface area contributed by atoms with Crippen LogP contribution in [0.3, 0.4) is 0 Å². The Labute approximate surface area is 137 Å². The summed E-state index contributed by atoms with van der Waals surface area (Å²) in [6, 6.07) is 4.75. The first kappa shape index (κ1) is 14.9. The van der Waals surface area contributed by atoms with Gasteiger partial charge in [0.1, 0.15) is 22.8 Å². The van der Waals surface area contributed by atoms with Crippen molar-refractivity contribution >= 4 is 27.3 Å². The second kappa shape index (κ2) is 4.91. The number of furan rings is 1. The van der Waals surface area contributed by atoms with Crippen molar-refractivity contribution in [2.24, 2.45) is 0 Å². The third-order valence-corrected chi connectivity index (χ3v) is 4.59. The Kier molecular flexibility index (Phi) is 3.04. The molecule has 1 aromatic carbocycles. The van der Waals surface area contributed by atoms with Crippen LogP contribution in [0.1, 0.15) is 11.9 Å². The van der Waals surface area contributed by atoms with Crippen molar-refractivity contribution in [1.82, 2.24) is 14.6 Å². The molecule has 0 aliphatic rings. The van der Waals surface area contributed by atoms with Crippen LogP contribution in [-0.2, 0) is 5.92 Å². The zero-order valence-corrected chi connectivity index (χ0v) is 13.4. The fraction of sp³-hybridized carbons (Fsp3) is 0.200. The fourth-order valence-corrected chi connectivity index (χ4v) is 3.15. The van der Waals surface area contributed by atoms with Gasteiger partial charge in [0.05, 0.1) is 18.7 Å². The number of hydrogen-bond donors (Lipinski definition) is 1. The summed E-state index contributed by atoms with van der Waals surface area (Å²) in [6.45, 7) is 0.793. The highest BCUT2D eigenvalue weighted by molar-refractivity contribution is 7.16. The van der Waals surface area contributed by atoms with Crippen LogP contribution in [0.4, 0.5) is 8.78 Å². The van der Waals surface area contributed by atoms with E-state index < -0.39 is 5.92 Å². The molecule has 0 radical (unpaired) electrons. The summed E-state index contributed by atoms with van der Waals surface area (Å²) in [6.07, 6.45) is 1.51. The number of phenols is 1. The Bertz CT molecular complexity index is 1030. The number of aromatic nitrogens is 3. The maximum atomic E-state index is 13.3. The van der Waals surface area contributed by atoms with Gasteiger partial charge in [-0.25, -0.2) is 9.50 Å². The van der Waals surface area contributed by atoms with Crippen LogP contribution in [-0.4, -0.2) is 26.8 Å². The zero-order valence-electron chi connectivity index (χ0n) is 12.6. The Balaban J connectivity index is 1.81. The van der Waals surface area contributed by atoms with Gasteiger partial charge in [-0.3, -0.25) is 0 Å². The molecule has 6 nitrogen and oxygen atoms in total. The molecule has 0 fully saturated rings. The van der Waals surface area contributed by atoms with Gasteiger partial charge in [-0.15, -0.1) is 0 Å². The number of aromatic hydroxyl groups is 1. The minimum atomic E-state index is -3.01. The van der Waals surface area contributed by atoms with Gasteiger partial charge in [0.15, 0.2) is 10.8 Å². The van der Waals surface area contributed by atoms with Gasteiger partial charge in [-0.05, 0) is 6.07 Å². The molecule has 0 bridgehead atoms. The van der Waals surface area contributed by atoms with E-state index in [2.05, 4.69) is 10.1 Å². The summed E-state index contributed by atoms with van der Waals surface area (Å²) >= 11 is 0.816. The topological polar surface area (TPSA) is 72.8 Å². The standard InChI is InChI=1S/C15H11F2N3O3S/c1-15(16,17)13-19-20-6-9(18-14(20)24-13)12-5-8-10(21)3-7(22-2)4-11(8)23-12/h3-6,21H,1-2H3. The average Bonchev–Trinajstić information content (AvgIpc) is 3.17. The monoisotopic (exact) mass is 351 g/mol. The Hall–Kier alpha value is -2.68. The Morgan fingerprint density at radius 3 is 2.79 bits per heavy atom. The molecule has 4 aromatic rings. The molecular formula is C15H11F2N3O3S. The summed E-state index contributed by atoms with van der Waals surface area (Å²) in [5.41, 5.74) is 0.876. The number of fused-ring (bicyclic) bond motifs is 2. The predicted octanol–water partition coefficient (Wildman–Crippen LogP) is 4.03. The molecule has 0 aliphatic carbocycles. The van der Waals surface area contributed by atoms with Crippen LogP contribution in [0.25, 0.3) is 27.4 Å². The molecular weight excluding hydrogens is 340 g/mol. The predicted molar refractivity (Wildman–Crippen MR) is 83.9 cm³/mol. The molecule has 0 saturated carbocycles. The molecule has 0 aliphatic heterocycles. The summed E-state index contributed by atoms with van der Waals surface area (Å²) in [5.74, 6) is -2.13. The number of methoxy groups -OCH3 is 1. The van der Waals surface area contributed by atoms with Gasteiger partial charge in [-0.1, -0.05) is 11.3 Å². The lowest BCUT2D eigenvalue weighted by Gasteiger charge is -2.02. The second-order valence-corrected chi connectivity index (χ2v) is 6.27. The first-order valence-electron chi connectivity index (χ1n) is 6.90. The van der Waals surface area contributed by atoms with E-state index in [-0.39, 0.29) is 10.8 Å². The van der Waals surface area contributed by atoms with Crippen LogP contribution in [0.15, 0.2) is 28.8 Å². The van der Waals surface area contributed by atoms with Crippen LogP contribution in [0.2, 0.25) is 0 Å². The molecule has 0 amide bonds. The van der Waals surface area contributed by atoms with Crippen LogP contribution in [0, 0.1) is 0 Å². The van der Waals surface area contributed by atoms with E-state index in [1.807, 2.05) is 0 Å². The highest BCUT2D eigenvalue weighted by Crippen LogP contribution is 2.37. The van der Waals surface area contributed by atoms with E-state index in [0.29, 0.717) is 33.1 Å². The molecule has 124 valence electrons. The summed E-state index contributed by atoms with van der Waals surface area (Å²) < 4.78 is 38.7. The van der Waals surface area contributed by atoms with E-state index in [1.54, 1.807) is 12.1 Å². The van der Waals surface area contributed by atoms with Crippen LogP contribution in [0.5, 0.6) is 11.5 Å². The number of alkyl halides is 2. The van der Waals surface area contributed by atoms with Crippen molar-refractivity contribution in [2.45, 2.75) is 12.8 Å². The molecule has 0 atom stereocenters. The highest BCUT2D eigenvalue weighted by atomic mass is 32.1. The van der Waals surface area contributed by atoms with Crippen molar-refractivity contribution in [3.8, 4) is 23.0 Å². The average molecular weight is 351 g/mol. The van der Waals surface area contributed by atoms with E-state index in [9.17, 15) is 13.9 Å². The number of imidazole rings is 1. The van der Waals surface area contributed by atoms with Gasteiger partial charge < -0.3 is 14.3 Å². The molecule has 1 N–H and O–H groups in total.